The lowest BCUT2D eigenvalue weighted by Gasteiger charge is -2.33. The maximum atomic E-state index is 14.2. The fourth-order valence-corrected chi connectivity index (χ4v) is 6.35. The zero-order chi connectivity index (χ0) is 23.4. The Bertz CT molecular complexity index is 1160. The number of rotatable bonds is 7. The number of carbonyl (C=O) groups is 2. The van der Waals surface area contributed by atoms with E-state index in [1.807, 2.05) is 17.9 Å². The Balaban J connectivity index is 1.92. The Kier molecular flexibility index (Phi) is 6.98. The van der Waals surface area contributed by atoms with Gasteiger partial charge in [0.25, 0.3) is 10.0 Å². The molecular weight excluding hydrogens is 436 g/mol. The van der Waals surface area contributed by atoms with Gasteiger partial charge in [-0.2, -0.15) is 0 Å². The summed E-state index contributed by atoms with van der Waals surface area (Å²) in [4.78, 5) is 28.8. The summed E-state index contributed by atoms with van der Waals surface area (Å²) in [7, 11) is -4.28. The maximum absolute atomic E-state index is 14.2. The van der Waals surface area contributed by atoms with Crippen LogP contribution in [0.15, 0.2) is 65.2 Å². The van der Waals surface area contributed by atoms with Crippen LogP contribution in [0.25, 0.3) is 0 Å². The minimum Gasteiger partial charge on any atom is -0.367 e. The largest absolute Gasteiger partial charge is 0.367 e. The highest BCUT2D eigenvalue weighted by Gasteiger charge is 2.43. The Labute approximate surface area is 195 Å². The molecule has 4 rings (SSSR count). The Morgan fingerprint density at radius 3 is 2.00 bits per heavy atom. The predicted molar refractivity (Wildman–Crippen MR) is 130 cm³/mol. The molecule has 2 aliphatic rings. The third kappa shape index (κ3) is 4.47. The first kappa shape index (κ1) is 23.2. The molecule has 2 aromatic rings. The van der Waals surface area contributed by atoms with Crippen molar-refractivity contribution in [1.82, 2.24) is 4.90 Å². The highest BCUT2D eigenvalue weighted by atomic mass is 32.2. The van der Waals surface area contributed by atoms with Gasteiger partial charge >= 0.3 is 0 Å². The second-order valence-electron chi connectivity index (χ2n) is 8.55. The number of ketones is 2. The highest BCUT2D eigenvalue weighted by Crippen LogP contribution is 2.35. The summed E-state index contributed by atoms with van der Waals surface area (Å²) in [6.07, 6.45) is 5.20. The second-order valence-corrected chi connectivity index (χ2v) is 10.3. The van der Waals surface area contributed by atoms with Crippen molar-refractivity contribution in [2.75, 3.05) is 23.9 Å². The maximum Gasteiger partial charge on any atom is 0.270 e. The number of carbonyl (C=O) groups excluding carboxylic acids is 2. The lowest BCUT2D eigenvalue weighted by Crippen LogP contribution is -2.42. The van der Waals surface area contributed by atoms with E-state index < -0.39 is 15.8 Å². The van der Waals surface area contributed by atoms with Gasteiger partial charge in [0.05, 0.1) is 5.69 Å². The van der Waals surface area contributed by atoms with Crippen LogP contribution in [0.1, 0.15) is 66.2 Å². The van der Waals surface area contributed by atoms with Gasteiger partial charge in [0, 0.05) is 30.8 Å². The van der Waals surface area contributed by atoms with E-state index in [1.54, 1.807) is 48.5 Å². The fourth-order valence-electron chi connectivity index (χ4n) is 4.55. The molecule has 6 nitrogen and oxygen atoms in total. The van der Waals surface area contributed by atoms with E-state index in [-0.39, 0.29) is 34.1 Å². The third-order valence-corrected chi connectivity index (χ3v) is 8.15. The van der Waals surface area contributed by atoms with Crippen LogP contribution in [0, 0.1) is 0 Å². The fraction of sp³-hybridized carbons (Fsp3) is 0.385. The molecule has 1 aliphatic heterocycles. The lowest BCUT2D eigenvalue weighted by molar-refractivity contribution is 0.0947. The molecule has 0 radical (unpaired) electrons. The van der Waals surface area contributed by atoms with E-state index in [0.717, 1.165) is 32.1 Å². The SMILES string of the molecule is CCCCN(c1ccccc1)S(=O)(=O)C1=C(N2CCCCCC2)C(=O)c2ccccc2C1=O. The molecule has 2 aromatic carbocycles. The van der Waals surface area contributed by atoms with Crippen molar-refractivity contribution in [1.29, 1.82) is 0 Å². The van der Waals surface area contributed by atoms with Crippen LogP contribution < -0.4 is 4.31 Å². The van der Waals surface area contributed by atoms with Crippen molar-refractivity contribution in [3.05, 3.63) is 76.3 Å². The summed E-state index contributed by atoms with van der Waals surface area (Å²) < 4.78 is 29.6. The lowest BCUT2D eigenvalue weighted by atomic mass is 9.91. The Morgan fingerprint density at radius 2 is 1.39 bits per heavy atom. The molecule has 0 saturated carbocycles. The molecule has 1 saturated heterocycles. The zero-order valence-electron chi connectivity index (χ0n) is 19.0. The van der Waals surface area contributed by atoms with Crippen LogP contribution >= 0.6 is 0 Å². The van der Waals surface area contributed by atoms with Gasteiger partial charge in [-0.3, -0.25) is 13.9 Å². The molecule has 0 N–H and O–H groups in total. The topological polar surface area (TPSA) is 74.8 Å². The molecule has 1 aliphatic carbocycles. The Hall–Kier alpha value is -2.93. The molecule has 0 atom stereocenters. The molecular formula is C26H30N2O4S. The number of benzene rings is 2. The monoisotopic (exact) mass is 466 g/mol. The quantitative estimate of drug-likeness (QED) is 0.587. The number of unbranched alkanes of at least 4 members (excludes halogenated alkanes) is 1. The molecule has 0 spiro atoms. The Morgan fingerprint density at radius 1 is 0.818 bits per heavy atom. The van der Waals surface area contributed by atoms with Crippen molar-refractivity contribution in [2.45, 2.75) is 45.4 Å². The van der Waals surface area contributed by atoms with E-state index in [4.69, 9.17) is 0 Å². The number of hydrogen-bond donors (Lipinski definition) is 0. The van der Waals surface area contributed by atoms with Crippen LogP contribution in [0.2, 0.25) is 0 Å². The van der Waals surface area contributed by atoms with Gasteiger partial charge in [-0.25, -0.2) is 8.42 Å². The van der Waals surface area contributed by atoms with Gasteiger partial charge in [0.15, 0.2) is 4.91 Å². The van der Waals surface area contributed by atoms with E-state index in [0.29, 0.717) is 25.2 Å². The molecule has 1 heterocycles. The molecule has 0 unspecified atom stereocenters. The van der Waals surface area contributed by atoms with Crippen molar-refractivity contribution in [3.63, 3.8) is 0 Å². The number of anilines is 1. The normalized spacial score (nSPS) is 17.1. The molecule has 1 fully saturated rings. The number of Topliss-reactive ketones (excluding diaryl/α,β-unsaturated/α-hetero) is 2. The molecule has 7 heteroatoms. The number of sulfonamides is 1. The number of nitrogens with zero attached hydrogens (tertiary/aromatic N) is 2. The first-order chi connectivity index (χ1) is 16.0. The molecule has 174 valence electrons. The van der Waals surface area contributed by atoms with E-state index in [9.17, 15) is 18.0 Å². The number of likely N-dealkylation sites (tertiary alicyclic amines) is 1. The van der Waals surface area contributed by atoms with Gasteiger partial charge < -0.3 is 4.90 Å². The summed E-state index contributed by atoms with van der Waals surface area (Å²) in [6.45, 7) is 3.36. The summed E-state index contributed by atoms with van der Waals surface area (Å²) in [6, 6.07) is 15.4. The zero-order valence-corrected chi connectivity index (χ0v) is 19.8. The second kappa shape index (κ2) is 9.91. The average Bonchev–Trinajstić information content (AvgIpc) is 3.11. The van der Waals surface area contributed by atoms with Crippen molar-refractivity contribution < 1.29 is 18.0 Å². The predicted octanol–water partition coefficient (Wildman–Crippen LogP) is 4.79. The standard InChI is InChI=1S/C26H30N2O4S/c1-2-3-19-28(20-13-7-6-8-14-20)33(31,32)26-23(27-17-11-4-5-12-18-27)24(29)21-15-9-10-16-22(21)25(26)30/h6-10,13-16H,2-5,11-12,17-19H2,1H3. The summed E-state index contributed by atoms with van der Waals surface area (Å²) in [5, 5.41) is 0. The van der Waals surface area contributed by atoms with Gasteiger partial charge in [-0.1, -0.05) is 68.7 Å². The molecule has 33 heavy (non-hydrogen) atoms. The summed E-state index contributed by atoms with van der Waals surface area (Å²) in [5.41, 5.74) is 0.967. The van der Waals surface area contributed by atoms with Crippen molar-refractivity contribution >= 4 is 27.3 Å². The minimum atomic E-state index is -4.28. The van der Waals surface area contributed by atoms with E-state index >= 15 is 0 Å². The number of hydrogen-bond acceptors (Lipinski definition) is 5. The van der Waals surface area contributed by atoms with Crippen molar-refractivity contribution in [3.8, 4) is 0 Å². The first-order valence-electron chi connectivity index (χ1n) is 11.7. The average molecular weight is 467 g/mol. The number of allylic oxidation sites excluding steroid dienone is 2. The van der Waals surface area contributed by atoms with Crippen LogP contribution in [0.5, 0.6) is 0 Å². The van der Waals surface area contributed by atoms with E-state index in [2.05, 4.69) is 0 Å². The van der Waals surface area contributed by atoms with Crippen molar-refractivity contribution in [2.24, 2.45) is 0 Å². The minimum absolute atomic E-state index is 0.0398. The van der Waals surface area contributed by atoms with Crippen LogP contribution in [-0.4, -0.2) is 44.5 Å². The van der Waals surface area contributed by atoms with Gasteiger partial charge in [-0.05, 0) is 31.4 Å². The number of fused-ring (bicyclic) bond motifs is 1. The summed E-state index contributed by atoms with van der Waals surface area (Å²) >= 11 is 0. The van der Waals surface area contributed by atoms with Crippen LogP contribution in [0.4, 0.5) is 5.69 Å². The highest BCUT2D eigenvalue weighted by molar-refractivity contribution is 7.97. The number of para-hydroxylation sites is 1. The van der Waals surface area contributed by atoms with E-state index in [1.165, 1.54) is 4.31 Å². The molecule has 0 aromatic heterocycles. The van der Waals surface area contributed by atoms with Gasteiger partial charge in [0.1, 0.15) is 5.70 Å². The third-order valence-electron chi connectivity index (χ3n) is 6.28. The smallest absolute Gasteiger partial charge is 0.270 e. The molecule has 0 bridgehead atoms. The van der Waals surface area contributed by atoms with Gasteiger partial charge in [0.2, 0.25) is 11.6 Å². The van der Waals surface area contributed by atoms with Crippen LogP contribution in [0.3, 0.4) is 0 Å². The van der Waals surface area contributed by atoms with Crippen LogP contribution in [-0.2, 0) is 10.0 Å². The molecule has 0 amide bonds. The summed E-state index contributed by atoms with van der Waals surface area (Å²) in [5.74, 6) is -0.976. The van der Waals surface area contributed by atoms with Gasteiger partial charge in [-0.15, -0.1) is 0 Å². The first-order valence-corrected chi connectivity index (χ1v) is 13.2.